The molecular weight excluding hydrogens is 250 g/mol. The lowest BCUT2D eigenvalue weighted by Gasteiger charge is -2.16. The molecule has 0 aliphatic rings. The van der Waals surface area contributed by atoms with E-state index >= 15 is 0 Å². The summed E-state index contributed by atoms with van der Waals surface area (Å²) in [7, 11) is 0. The number of nitrogens with one attached hydrogen (secondary N) is 1. The predicted octanol–water partition coefficient (Wildman–Crippen LogP) is 1.81. The molecule has 2 rings (SSSR count). The number of hydrazine groups is 1. The minimum absolute atomic E-state index is 0.0123. The molecule has 2 aromatic rings. The van der Waals surface area contributed by atoms with Crippen molar-refractivity contribution < 1.29 is 8.78 Å². The number of hydrogen-bond acceptors (Lipinski definition) is 4. The summed E-state index contributed by atoms with van der Waals surface area (Å²) in [4.78, 5) is 8.17. The molecule has 6 heteroatoms. The van der Waals surface area contributed by atoms with Crippen molar-refractivity contribution >= 4 is 0 Å². The van der Waals surface area contributed by atoms with Crippen LogP contribution in [0.2, 0.25) is 0 Å². The number of benzene rings is 1. The molecule has 0 amide bonds. The van der Waals surface area contributed by atoms with Gasteiger partial charge in [0, 0.05) is 18.2 Å². The largest absolute Gasteiger partial charge is 0.271 e. The van der Waals surface area contributed by atoms with Gasteiger partial charge in [0.25, 0.3) is 0 Å². The van der Waals surface area contributed by atoms with Gasteiger partial charge in [-0.2, -0.15) is 0 Å². The zero-order chi connectivity index (χ0) is 13.8. The van der Waals surface area contributed by atoms with Gasteiger partial charge in [-0.05, 0) is 25.1 Å². The molecule has 3 N–H and O–H groups in total. The van der Waals surface area contributed by atoms with E-state index in [9.17, 15) is 8.78 Å². The minimum Gasteiger partial charge on any atom is -0.271 e. The predicted molar refractivity (Wildman–Crippen MR) is 66.9 cm³/mol. The zero-order valence-electron chi connectivity index (χ0n) is 10.4. The minimum atomic E-state index is -0.592. The van der Waals surface area contributed by atoms with Gasteiger partial charge in [-0.1, -0.05) is 6.07 Å². The fourth-order valence-corrected chi connectivity index (χ4v) is 1.85. The maximum atomic E-state index is 13.6. The van der Waals surface area contributed by atoms with Gasteiger partial charge >= 0.3 is 0 Å². The number of aryl methyl sites for hydroxylation is 1. The summed E-state index contributed by atoms with van der Waals surface area (Å²) in [5.74, 6) is 4.84. The van der Waals surface area contributed by atoms with Crippen LogP contribution < -0.4 is 11.3 Å². The summed E-state index contributed by atoms with van der Waals surface area (Å²) < 4.78 is 27.2. The molecule has 100 valence electrons. The van der Waals surface area contributed by atoms with Crippen LogP contribution in [0.1, 0.15) is 23.1 Å². The van der Waals surface area contributed by atoms with Crippen molar-refractivity contribution in [3.8, 4) is 0 Å². The number of halogens is 2. The molecule has 1 unspecified atom stereocenters. The summed E-state index contributed by atoms with van der Waals surface area (Å²) in [6.45, 7) is 1.74. The third-order valence-corrected chi connectivity index (χ3v) is 2.83. The molecule has 4 nitrogen and oxygen atoms in total. The van der Waals surface area contributed by atoms with E-state index in [1.165, 1.54) is 18.2 Å². The van der Waals surface area contributed by atoms with Crippen LogP contribution in [-0.4, -0.2) is 9.97 Å². The summed E-state index contributed by atoms with van der Waals surface area (Å²) in [6, 6.07) is 4.95. The molecule has 0 radical (unpaired) electrons. The smallest absolute Gasteiger partial charge is 0.129 e. The molecule has 19 heavy (non-hydrogen) atoms. The molecule has 1 aromatic heterocycles. The molecule has 0 saturated carbocycles. The zero-order valence-corrected chi connectivity index (χ0v) is 10.4. The maximum absolute atomic E-state index is 13.6. The second kappa shape index (κ2) is 5.81. The molecule has 1 heterocycles. The van der Waals surface area contributed by atoms with Gasteiger partial charge in [0.15, 0.2) is 0 Å². The fourth-order valence-electron chi connectivity index (χ4n) is 1.85. The van der Waals surface area contributed by atoms with Crippen molar-refractivity contribution in [1.82, 2.24) is 15.4 Å². The van der Waals surface area contributed by atoms with Gasteiger partial charge in [0.1, 0.15) is 17.5 Å². The van der Waals surface area contributed by atoms with Crippen molar-refractivity contribution in [2.45, 2.75) is 19.4 Å². The van der Waals surface area contributed by atoms with E-state index in [-0.39, 0.29) is 12.0 Å². The Hall–Kier alpha value is -1.92. The van der Waals surface area contributed by atoms with Crippen molar-refractivity contribution in [3.63, 3.8) is 0 Å². The molecular formula is C13H14F2N4. The fraction of sp³-hybridized carbons (Fsp3) is 0.231. The van der Waals surface area contributed by atoms with Crippen LogP contribution in [0.5, 0.6) is 0 Å². The maximum Gasteiger partial charge on any atom is 0.129 e. The Morgan fingerprint density at radius 2 is 1.95 bits per heavy atom. The van der Waals surface area contributed by atoms with E-state index in [1.54, 1.807) is 19.2 Å². The van der Waals surface area contributed by atoms with Gasteiger partial charge in [-0.25, -0.2) is 18.7 Å². The van der Waals surface area contributed by atoms with Gasteiger partial charge in [-0.15, -0.1) is 0 Å². The molecule has 0 aliphatic heterocycles. The van der Waals surface area contributed by atoms with E-state index in [4.69, 9.17) is 5.84 Å². The number of aromatic nitrogens is 2. The quantitative estimate of drug-likeness (QED) is 0.653. The van der Waals surface area contributed by atoms with Gasteiger partial charge in [0.05, 0.1) is 11.7 Å². The molecule has 0 fully saturated rings. The third kappa shape index (κ3) is 3.10. The average Bonchev–Trinajstić information content (AvgIpc) is 2.38. The molecule has 0 bridgehead atoms. The Bertz CT molecular complexity index is 554. The second-order valence-corrected chi connectivity index (χ2v) is 4.15. The highest BCUT2D eigenvalue weighted by molar-refractivity contribution is 5.22. The summed E-state index contributed by atoms with van der Waals surface area (Å²) in [5, 5.41) is 0. The third-order valence-electron chi connectivity index (χ3n) is 2.83. The van der Waals surface area contributed by atoms with Crippen LogP contribution in [0.15, 0.2) is 30.5 Å². The van der Waals surface area contributed by atoms with Crippen LogP contribution in [0, 0.1) is 18.6 Å². The highest BCUT2D eigenvalue weighted by Crippen LogP contribution is 2.20. The number of rotatable bonds is 4. The van der Waals surface area contributed by atoms with E-state index in [2.05, 4.69) is 15.4 Å². The Morgan fingerprint density at radius 3 is 2.53 bits per heavy atom. The molecule has 0 aliphatic carbocycles. The van der Waals surface area contributed by atoms with Crippen LogP contribution >= 0.6 is 0 Å². The van der Waals surface area contributed by atoms with E-state index in [0.717, 1.165) is 0 Å². The van der Waals surface area contributed by atoms with Crippen molar-refractivity contribution in [2.75, 3.05) is 0 Å². The van der Waals surface area contributed by atoms with Gasteiger partial charge in [0.2, 0.25) is 0 Å². The van der Waals surface area contributed by atoms with Crippen LogP contribution in [0.3, 0.4) is 0 Å². The lowest BCUT2D eigenvalue weighted by molar-refractivity contribution is 0.491. The summed E-state index contributed by atoms with van der Waals surface area (Å²) in [6.07, 6.45) is 1.66. The normalized spacial score (nSPS) is 12.4. The first-order valence-corrected chi connectivity index (χ1v) is 5.80. The first-order valence-electron chi connectivity index (χ1n) is 5.80. The van der Waals surface area contributed by atoms with Crippen molar-refractivity contribution in [1.29, 1.82) is 0 Å². The summed E-state index contributed by atoms with van der Waals surface area (Å²) >= 11 is 0. The van der Waals surface area contributed by atoms with Gasteiger partial charge in [-0.3, -0.25) is 11.3 Å². The Balaban J connectivity index is 2.29. The molecule has 1 aromatic carbocycles. The summed E-state index contributed by atoms with van der Waals surface area (Å²) in [5.41, 5.74) is 3.11. The van der Waals surface area contributed by atoms with Crippen LogP contribution in [-0.2, 0) is 6.42 Å². The topological polar surface area (TPSA) is 63.8 Å². The monoisotopic (exact) mass is 264 g/mol. The lowest BCUT2D eigenvalue weighted by atomic mass is 10.0. The highest BCUT2D eigenvalue weighted by Gasteiger charge is 2.17. The number of nitrogens with zero attached hydrogens (tertiary/aromatic N) is 2. The molecule has 1 atom stereocenters. The lowest BCUT2D eigenvalue weighted by Crippen LogP contribution is -2.31. The van der Waals surface area contributed by atoms with E-state index < -0.39 is 17.7 Å². The first-order chi connectivity index (χ1) is 9.11. The van der Waals surface area contributed by atoms with Crippen molar-refractivity contribution in [3.05, 3.63) is 59.2 Å². The first kappa shape index (κ1) is 13.5. The van der Waals surface area contributed by atoms with Crippen LogP contribution in [0.25, 0.3) is 0 Å². The number of nitrogens with two attached hydrogens (primary N) is 1. The SMILES string of the molecule is Cc1nccc(C(Cc2c(F)cccc2F)NN)n1. The van der Waals surface area contributed by atoms with Gasteiger partial charge < -0.3 is 0 Å². The van der Waals surface area contributed by atoms with Crippen molar-refractivity contribution in [2.24, 2.45) is 5.84 Å². The Kier molecular flexibility index (Phi) is 4.13. The highest BCUT2D eigenvalue weighted by atomic mass is 19.1. The number of hydrogen-bond donors (Lipinski definition) is 2. The molecule has 0 spiro atoms. The van der Waals surface area contributed by atoms with E-state index in [1.807, 2.05) is 0 Å². The van der Waals surface area contributed by atoms with Crippen LogP contribution in [0.4, 0.5) is 8.78 Å². The average molecular weight is 264 g/mol. The Morgan fingerprint density at radius 1 is 1.26 bits per heavy atom. The standard InChI is InChI=1S/C13H14F2N4/c1-8-17-6-5-12(18-8)13(19-16)7-9-10(14)3-2-4-11(9)15/h2-6,13,19H,7,16H2,1H3. The van der Waals surface area contributed by atoms with E-state index in [0.29, 0.717) is 11.5 Å². The Labute approximate surface area is 109 Å². The molecule has 0 saturated heterocycles. The second-order valence-electron chi connectivity index (χ2n) is 4.15.